The van der Waals surface area contributed by atoms with Crippen LogP contribution in [0.25, 0.3) is 0 Å². The first-order valence-electron chi connectivity index (χ1n) is 13.4. The lowest BCUT2D eigenvalue weighted by Gasteiger charge is -2.45. The summed E-state index contributed by atoms with van der Waals surface area (Å²) in [6.07, 6.45) is 3.00. The van der Waals surface area contributed by atoms with Crippen LogP contribution in [0.4, 0.5) is 15.8 Å². The predicted molar refractivity (Wildman–Crippen MR) is 152 cm³/mol. The number of amides is 2. The van der Waals surface area contributed by atoms with Gasteiger partial charge in [0, 0.05) is 31.1 Å². The third kappa shape index (κ3) is 4.45. The van der Waals surface area contributed by atoms with Crippen LogP contribution in [0.5, 0.6) is 0 Å². The minimum Gasteiger partial charge on any atom is -0.343 e. The number of hydrogen-bond donors (Lipinski definition) is 1. The van der Waals surface area contributed by atoms with E-state index >= 15 is 0 Å². The minimum absolute atomic E-state index is 0.00686. The molecule has 2 heterocycles. The monoisotopic (exact) mass is 581 g/mol. The summed E-state index contributed by atoms with van der Waals surface area (Å²) >= 11 is 6.24. The smallest absolute Gasteiger partial charge is 0.264 e. The van der Waals surface area contributed by atoms with Gasteiger partial charge in [-0.3, -0.25) is 13.9 Å². The molecule has 6 rings (SSSR count). The number of fused-ring (bicyclic) bond motifs is 2. The molecule has 7 nitrogen and oxygen atoms in total. The van der Waals surface area contributed by atoms with Crippen LogP contribution >= 0.6 is 11.6 Å². The molecule has 1 unspecified atom stereocenters. The fourth-order valence-electron chi connectivity index (χ4n) is 6.42. The highest BCUT2D eigenvalue weighted by Crippen LogP contribution is 2.59. The highest BCUT2D eigenvalue weighted by Gasteiger charge is 2.60. The second-order valence-electron chi connectivity index (χ2n) is 10.9. The van der Waals surface area contributed by atoms with Gasteiger partial charge in [0.1, 0.15) is 5.82 Å². The van der Waals surface area contributed by atoms with Crippen LogP contribution in [-0.4, -0.2) is 44.3 Å². The number of nitrogens with one attached hydrogen (secondary N) is 1. The molecule has 40 heavy (non-hydrogen) atoms. The normalized spacial score (nSPS) is 19.9. The lowest BCUT2D eigenvalue weighted by atomic mass is 9.68. The van der Waals surface area contributed by atoms with Gasteiger partial charge in [0.05, 0.1) is 27.2 Å². The SMILES string of the molecule is CC(=O)N1CCC2(CC1)c1cc(NC(=O)c3ccccc3Cl)ccc1N(S(=O)(=O)c1ccc(F)cc1)C2C1CC1. The van der Waals surface area contributed by atoms with E-state index in [1.807, 2.05) is 6.07 Å². The summed E-state index contributed by atoms with van der Waals surface area (Å²) in [5, 5.41) is 3.26. The van der Waals surface area contributed by atoms with E-state index in [9.17, 15) is 22.4 Å². The molecule has 0 radical (unpaired) electrons. The average molecular weight is 582 g/mol. The number of benzene rings is 3. The molecule has 1 atom stereocenters. The zero-order chi connectivity index (χ0) is 28.2. The lowest BCUT2D eigenvalue weighted by Crippen LogP contribution is -2.54. The minimum atomic E-state index is -4.03. The van der Waals surface area contributed by atoms with Crippen LogP contribution in [0, 0.1) is 11.7 Å². The Balaban J connectivity index is 1.46. The van der Waals surface area contributed by atoms with Gasteiger partial charge in [0.25, 0.3) is 15.9 Å². The Bertz CT molecular complexity index is 1600. The van der Waals surface area contributed by atoms with Gasteiger partial charge in [0.15, 0.2) is 0 Å². The van der Waals surface area contributed by atoms with Gasteiger partial charge < -0.3 is 10.2 Å². The van der Waals surface area contributed by atoms with Gasteiger partial charge in [-0.2, -0.15) is 0 Å². The number of carbonyl (C=O) groups is 2. The zero-order valence-corrected chi connectivity index (χ0v) is 23.5. The molecule has 3 aromatic carbocycles. The molecule has 1 aliphatic carbocycles. The molecule has 3 aliphatic rings. The first-order valence-corrected chi connectivity index (χ1v) is 15.2. The average Bonchev–Trinajstić information content (AvgIpc) is 3.73. The van der Waals surface area contributed by atoms with Crippen molar-refractivity contribution in [1.29, 1.82) is 0 Å². The fraction of sp³-hybridized carbons (Fsp3) is 0.333. The van der Waals surface area contributed by atoms with E-state index in [2.05, 4.69) is 5.32 Å². The van der Waals surface area contributed by atoms with Gasteiger partial charge in [-0.1, -0.05) is 23.7 Å². The van der Waals surface area contributed by atoms with E-state index < -0.39 is 21.3 Å². The standard InChI is InChI=1S/C30H29ClFN3O4S/c1-19(36)34-16-14-30(15-17-34)25-18-22(33-29(37)24-4-2-3-5-26(24)31)10-13-27(25)35(28(30)20-6-7-20)40(38,39)23-11-8-21(32)9-12-23/h2-5,8-13,18,20,28H,6-7,14-17H2,1H3,(H,33,37). The number of halogens is 2. The molecule has 1 saturated carbocycles. The van der Waals surface area contributed by atoms with Crippen molar-refractivity contribution < 1.29 is 22.4 Å². The molecular formula is C30H29ClFN3O4S. The third-order valence-electron chi connectivity index (χ3n) is 8.51. The molecule has 208 valence electrons. The number of likely N-dealkylation sites (tertiary alicyclic amines) is 1. The van der Waals surface area contributed by atoms with Gasteiger partial charge in [-0.05, 0) is 91.8 Å². The first kappa shape index (κ1) is 26.8. The van der Waals surface area contributed by atoms with Crippen LogP contribution in [0.15, 0.2) is 71.6 Å². The van der Waals surface area contributed by atoms with Crippen molar-refractivity contribution in [3.63, 3.8) is 0 Å². The summed E-state index contributed by atoms with van der Waals surface area (Å²) in [5.74, 6) is -0.717. The molecule has 2 fully saturated rings. The van der Waals surface area contributed by atoms with Crippen molar-refractivity contribution >= 4 is 44.8 Å². The van der Waals surface area contributed by atoms with Gasteiger partial charge in [0.2, 0.25) is 5.91 Å². The molecule has 0 aromatic heterocycles. The largest absolute Gasteiger partial charge is 0.343 e. The van der Waals surface area contributed by atoms with Crippen molar-refractivity contribution in [2.24, 2.45) is 5.92 Å². The van der Waals surface area contributed by atoms with E-state index in [-0.39, 0.29) is 28.7 Å². The quantitative estimate of drug-likeness (QED) is 0.425. The number of hydrogen-bond acceptors (Lipinski definition) is 4. The number of sulfonamides is 1. The van der Waals surface area contributed by atoms with E-state index in [4.69, 9.17) is 11.6 Å². The molecule has 3 aromatic rings. The highest BCUT2D eigenvalue weighted by molar-refractivity contribution is 7.92. The van der Waals surface area contributed by atoms with Crippen LogP contribution in [-0.2, 0) is 20.2 Å². The topological polar surface area (TPSA) is 86.8 Å². The Morgan fingerprint density at radius 2 is 1.68 bits per heavy atom. The van der Waals surface area contributed by atoms with E-state index in [0.29, 0.717) is 47.9 Å². The Labute approximate surface area is 238 Å². The van der Waals surface area contributed by atoms with Crippen molar-refractivity contribution in [3.05, 3.63) is 88.7 Å². The Kier molecular flexibility index (Phi) is 6.62. The van der Waals surface area contributed by atoms with Gasteiger partial charge in [-0.25, -0.2) is 12.8 Å². The third-order valence-corrected chi connectivity index (χ3v) is 10.6. The van der Waals surface area contributed by atoms with Gasteiger partial charge in [-0.15, -0.1) is 0 Å². The maximum absolute atomic E-state index is 14.2. The summed E-state index contributed by atoms with van der Waals surface area (Å²) in [4.78, 5) is 27.1. The zero-order valence-electron chi connectivity index (χ0n) is 21.9. The summed E-state index contributed by atoms with van der Waals surface area (Å²) in [7, 11) is -4.03. The van der Waals surface area contributed by atoms with Crippen LogP contribution < -0.4 is 9.62 Å². The molecule has 1 N–H and O–H groups in total. The molecule has 0 bridgehead atoms. The summed E-state index contributed by atoms with van der Waals surface area (Å²) in [5.41, 5.74) is 1.74. The maximum atomic E-state index is 14.2. The number of rotatable bonds is 5. The van der Waals surface area contributed by atoms with Crippen molar-refractivity contribution in [1.82, 2.24) is 4.90 Å². The van der Waals surface area contributed by atoms with Crippen molar-refractivity contribution in [3.8, 4) is 0 Å². The highest BCUT2D eigenvalue weighted by atomic mass is 35.5. The second-order valence-corrected chi connectivity index (χ2v) is 13.1. The van der Waals surface area contributed by atoms with Crippen molar-refractivity contribution in [2.45, 2.75) is 49.0 Å². The van der Waals surface area contributed by atoms with E-state index in [0.717, 1.165) is 30.5 Å². The first-order chi connectivity index (χ1) is 19.1. The van der Waals surface area contributed by atoms with E-state index in [1.54, 1.807) is 48.2 Å². The summed E-state index contributed by atoms with van der Waals surface area (Å²) in [6, 6.07) is 16.7. The number of piperidine rings is 1. The van der Waals surface area contributed by atoms with Crippen molar-refractivity contribution in [2.75, 3.05) is 22.7 Å². The maximum Gasteiger partial charge on any atom is 0.264 e. The Hall–Kier alpha value is -3.43. The Morgan fingerprint density at radius 3 is 2.30 bits per heavy atom. The second kappa shape index (κ2) is 9.89. The number of anilines is 2. The molecule has 2 aliphatic heterocycles. The molecule has 2 amide bonds. The fourth-order valence-corrected chi connectivity index (χ4v) is 8.44. The van der Waals surface area contributed by atoms with Crippen LogP contribution in [0.3, 0.4) is 0 Å². The van der Waals surface area contributed by atoms with E-state index in [1.165, 1.54) is 16.4 Å². The number of nitrogens with zero attached hydrogens (tertiary/aromatic N) is 2. The molecule has 1 saturated heterocycles. The van der Waals surface area contributed by atoms with Crippen LogP contribution in [0.2, 0.25) is 5.02 Å². The molecule has 10 heteroatoms. The molecular weight excluding hydrogens is 553 g/mol. The summed E-state index contributed by atoms with van der Waals surface area (Å²) < 4.78 is 43.6. The predicted octanol–water partition coefficient (Wildman–Crippen LogP) is 5.60. The van der Waals surface area contributed by atoms with Gasteiger partial charge >= 0.3 is 0 Å². The summed E-state index contributed by atoms with van der Waals surface area (Å²) in [6.45, 7) is 2.57. The number of carbonyl (C=O) groups excluding carboxylic acids is 2. The lowest BCUT2D eigenvalue weighted by molar-refractivity contribution is -0.130. The van der Waals surface area contributed by atoms with Crippen LogP contribution in [0.1, 0.15) is 48.5 Å². The Morgan fingerprint density at radius 1 is 1.00 bits per heavy atom. The molecule has 1 spiro atoms.